The molecule has 0 spiro atoms. The van der Waals surface area contributed by atoms with Crippen molar-refractivity contribution >= 4 is 11.7 Å². The van der Waals surface area contributed by atoms with Crippen molar-refractivity contribution in [3.05, 3.63) is 24.3 Å². The highest BCUT2D eigenvalue weighted by molar-refractivity contribution is 5.78. The zero-order valence-corrected chi connectivity index (χ0v) is 9.25. The lowest BCUT2D eigenvalue weighted by Crippen LogP contribution is -2.41. The molecule has 88 valence electrons. The SMILES string of the molecule is COc1ccc(N(C)[C@@H](CO)C(=O)O)cc1. The van der Waals surface area contributed by atoms with Gasteiger partial charge in [-0.3, -0.25) is 0 Å². The van der Waals surface area contributed by atoms with Gasteiger partial charge in [0.1, 0.15) is 11.8 Å². The van der Waals surface area contributed by atoms with E-state index in [0.29, 0.717) is 11.4 Å². The van der Waals surface area contributed by atoms with E-state index in [9.17, 15) is 4.79 Å². The molecule has 1 atom stereocenters. The molecule has 16 heavy (non-hydrogen) atoms. The van der Waals surface area contributed by atoms with Gasteiger partial charge in [-0.1, -0.05) is 0 Å². The van der Waals surface area contributed by atoms with Crippen molar-refractivity contribution in [2.45, 2.75) is 6.04 Å². The van der Waals surface area contributed by atoms with E-state index >= 15 is 0 Å². The van der Waals surface area contributed by atoms with Crippen molar-refractivity contribution in [1.82, 2.24) is 0 Å². The molecule has 0 unspecified atom stereocenters. The summed E-state index contributed by atoms with van der Waals surface area (Å²) in [4.78, 5) is 12.3. The monoisotopic (exact) mass is 225 g/mol. The first-order valence-corrected chi connectivity index (χ1v) is 4.80. The Morgan fingerprint density at radius 1 is 1.44 bits per heavy atom. The number of hydrogen-bond acceptors (Lipinski definition) is 4. The highest BCUT2D eigenvalue weighted by atomic mass is 16.5. The maximum atomic E-state index is 10.8. The van der Waals surface area contributed by atoms with E-state index in [1.807, 2.05) is 0 Å². The molecule has 0 heterocycles. The summed E-state index contributed by atoms with van der Waals surface area (Å²) >= 11 is 0. The second-order valence-corrected chi connectivity index (χ2v) is 3.35. The average molecular weight is 225 g/mol. The third-order valence-electron chi connectivity index (χ3n) is 2.41. The van der Waals surface area contributed by atoms with Crippen molar-refractivity contribution in [1.29, 1.82) is 0 Å². The van der Waals surface area contributed by atoms with Crippen LogP contribution in [0.25, 0.3) is 0 Å². The second kappa shape index (κ2) is 5.37. The van der Waals surface area contributed by atoms with Crippen LogP contribution >= 0.6 is 0 Å². The molecule has 0 bridgehead atoms. The van der Waals surface area contributed by atoms with Crippen LogP contribution in [0.3, 0.4) is 0 Å². The molecule has 0 radical (unpaired) electrons. The van der Waals surface area contributed by atoms with E-state index in [4.69, 9.17) is 14.9 Å². The fourth-order valence-corrected chi connectivity index (χ4v) is 1.36. The molecule has 5 nitrogen and oxygen atoms in total. The van der Waals surface area contributed by atoms with Crippen molar-refractivity contribution in [3.8, 4) is 5.75 Å². The maximum Gasteiger partial charge on any atom is 0.328 e. The van der Waals surface area contributed by atoms with Gasteiger partial charge in [-0.05, 0) is 24.3 Å². The number of likely N-dealkylation sites (N-methyl/N-ethyl adjacent to an activating group) is 1. The van der Waals surface area contributed by atoms with Crippen molar-refractivity contribution in [3.63, 3.8) is 0 Å². The highest BCUT2D eigenvalue weighted by Gasteiger charge is 2.21. The number of rotatable bonds is 5. The lowest BCUT2D eigenvalue weighted by molar-refractivity contribution is -0.139. The first-order chi connectivity index (χ1) is 7.60. The summed E-state index contributed by atoms with van der Waals surface area (Å²) in [5.41, 5.74) is 0.710. The predicted molar refractivity (Wildman–Crippen MR) is 59.9 cm³/mol. The van der Waals surface area contributed by atoms with Gasteiger partial charge in [0.15, 0.2) is 0 Å². The topological polar surface area (TPSA) is 70.0 Å². The third-order valence-corrected chi connectivity index (χ3v) is 2.41. The molecule has 0 saturated carbocycles. The van der Waals surface area contributed by atoms with E-state index < -0.39 is 18.6 Å². The molecule has 0 aromatic heterocycles. The Hall–Kier alpha value is -1.75. The van der Waals surface area contributed by atoms with Gasteiger partial charge >= 0.3 is 5.97 Å². The summed E-state index contributed by atoms with van der Waals surface area (Å²) < 4.78 is 5.00. The van der Waals surface area contributed by atoms with Crippen LogP contribution in [0.1, 0.15) is 0 Å². The predicted octanol–water partition coefficient (Wildman–Crippen LogP) is 0.577. The molecule has 1 aromatic carbocycles. The maximum absolute atomic E-state index is 10.8. The zero-order chi connectivity index (χ0) is 12.1. The van der Waals surface area contributed by atoms with Crippen LogP contribution in [0.4, 0.5) is 5.69 Å². The van der Waals surface area contributed by atoms with Gasteiger partial charge in [0, 0.05) is 12.7 Å². The minimum absolute atomic E-state index is 0.433. The van der Waals surface area contributed by atoms with Crippen molar-refractivity contribution in [2.75, 3.05) is 25.7 Å². The third kappa shape index (κ3) is 2.64. The molecular weight excluding hydrogens is 210 g/mol. The molecule has 5 heteroatoms. The summed E-state index contributed by atoms with van der Waals surface area (Å²) in [6.07, 6.45) is 0. The minimum atomic E-state index is -1.05. The summed E-state index contributed by atoms with van der Waals surface area (Å²) in [6.45, 7) is -0.433. The van der Waals surface area contributed by atoms with Crippen LogP contribution in [0.5, 0.6) is 5.75 Å². The first-order valence-electron chi connectivity index (χ1n) is 4.80. The molecule has 0 aliphatic heterocycles. The molecule has 0 fully saturated rings. The molecule has 0 amide bonds. The van der Waals surface area contributed by atoms with Crippen LogP contribution < -0.4 is 9.64 Å². The molecular formula is C11H15NO4. The van der Waals surface area contributed by atoms with Gasteiger partial charge in [-0.2, -0.15) is 0 Å². The average Bonchev–Trinajstić information content (AvgIpc) is 2.29. The fourth-order valence-electron chi connectivity index (χ4n) is 1.36. The Balaban J connectivity index is 2.86. The number of anilines is 1. The smallest absolute Gasteiger partial charge is 0.328 e. The number of benzene rings is 1. The number of carbonyl (C=O) groups is 1. The Kier molecular flexibility index (Phi) is 4.13. The normalized spacial score (nSPS) is 11.9. The van der Waals surface area contributed by atoms with Gasteiger partial charge in [-0.15, -0.1) is 0 Å². The number of carboxylic acid groups (broad SMARTS) is 1. The Bertz CT molecular complexity index is 350. The van der Waals surface area contributed by atoms with E-state index in [1.165, 1.54) is 4.90 Å². The largest absolute Gasteiger partial charge is 0.497 e. The lowest BCUT2D eigenvalue weighted by atomic mass is 10.2. The second-order valence-electron chi connectivity index (χ2n) is 3.35. The molecule has 0 aliphatic rings. The minimum Gasteiger partial charge on any atom is -0.497 e. The molecule has 2 N–H and O–H groups in total. The van der Waals surface area contributed by atoms with Crippen LogP contribution in [0.2, 0.25) is 0 Å². The number of aliphatic carboxylic acids is 1. The van der Waals surface area contributed by atoms with Gasteiger partial charge < -0.3 is 19.8 Å². The van der Waals surface area contributed by atoms with Gasteiger partial charge in [0.2, 0.25) is 0 Å². The number of methoxy groups -OCH3 is 1. The quantitative estimate of drug-likeness (QED) is 0.767. The number of hydrogen-bond donors (Lipinski definition) is 2. The summed E-state index contributed by atoms with van der Waals surface area (Å²) in [7, 11) is 3.18. The molecule has 0 saturated heterocycles. The van der Waals surface area contributed by atoms with E-state index in [2.05, 4.69) is 0 Å². The Morgan fingerprint density at radius 3 is 2.38 bits per heavy atom. The summed E-state index contributed by atoms with van der Waals surface area (Å²) in [5.74, 6) is -0.353. The van der Waals surface area contributed by atoms with Gasteiger partial charge in [0.05, 0.1) is 13.7 Å². The Morgan fingerprint density at radius 2 is 2.00 bits per heavy atom. The van der Waals surface area contributed by atoms with Crippen LogP contribution in [0.15, 0.2) is 24.3 Å². The molecule has 0 aliphatic carbocycles. The first kappa shape index (κ1) is 12.3. The van der Waals surface area contributed by atoms with E-state index in [-0.39, 0.29) is 0 Å². The fraction of sp³-hybridized carbons (Fsp3) is 0.364. The van der Waals surface area contributed by atoms with E-state index in [0.717, 1.165) is 0 Å². The summed E-state index contributed by atoms with van der Waals surface area (Å²) in [5, 5.41) is 17.9. The molecule has 1 aromatic rings. The van der Waals surface area contributed by atoms with Gasteiger partial charge in [-0.25, -0.2) is 4.79 Å². The van der Waals surface area contributed by atoms with Crippen LogP contribution in [0, 0.1) is 0 Å². The molecule has 1 rings (SSSR count). The summed E-state index contributed by atoms with van der Waals surface area (Å²) in [6, 6.07) is 6.02. The van der Waals surface area contributed by atoms with Crippen molar-refractivity contribution < 1.29 is 19.7 Å². The zero-order valence-electron chi connectivity index (χ0n) is 9.25. The van der Waals surface area contributed by atoms with Crippen molar-refractivity contribution in [2.24, 2.45) is 0 Å². The van der Waals surface area contributed by atoms with Crippen LogP contribution in [-0.2, 0) is 4.79 Å². The number of aliphatic hydroxyl groups is 1. The van der Waals surface area contributed by atoms with E-state index in [1.54, 1.807) is 38.4 Å². The van der Waals surface area contributed by atoms with Gasteiger partial charge in [0.25, 0.3) is 0 Å². The number of aliphatic hydroxyl groups excluding tert-OH is 1. The lowest BCUT2D eigenvalue weighted by Gasteiger charge is -2.25. The number of carboxylic acids is 1. The standard InChI is InChI=1S/C11H15NO4/c1-12(10(7-13)11(14)15)8-3-5-9(16-2)6-4-8/h3-6,10,13H,7H2,1-2H3,(H,14,15)/t10-/m0/s1. The number of ether oxygens (including phenoxy) is 1. The Labute approximate surface area is 93.9 Å². The number of nitrogens with zero attached hydrogens (tertiary/aromatic N) is 1. The van der Waals surface area contributed by atoms with Crippen LogP contribution in [-0.4, -0.2) is 43.0 Å². The highest BCUT2D eigenvalue weighted by Crippen LogP contribution is 2.19.